The van der Waals surface area contributed by atoms with E-state index in [9.17, 15) is 4.79 Å². The van der Waals surface area contributed by atoms with Crippen LogP contribution in [0.25, 0.3) is 11.1 Å². The van der Waals surface area contributed by atoms with E-state index in [-0.39, 0.29) is 10.2 Å². The van der Waals surface area contributed by atoms with Gasteiger partial charge in [0.1, 0.15) is 0 Å². The Morgan fingerprint density at radius 2 is 1.90 bits per heavy atom. The number of hydrogen-bond acceptors (Lipinski definition) is 2. The summed E-state index contributed by atoms with van der Waals surface area (Å²) >= 11 is 3.87. The molecule has 0 saturated heterocycles. The summed E-state index contributed by atoms with van der Waals surface area (Å²) < 4.78 is 5.17. The van der Waals surface area contributed by atoms with Gasteiger partial charge in [-0.1, -0.05) is 52.3 Å². The first-order valence-electron chi connectivity index (χ1n) is 7.01. The quantitative estimate of drug-likeness (QED) is 0.721. The second kappa shape index (κ2) is 4.60. The van der Waals surface area contributed by atoms with E-state index in [1.54, 1.807) is 0 Å². The van der Waals surface area contributed by atoms with Gasteiger partial charge < -0.3 is 4.42 Å². The fourth-order valence-corrected chi connectivity index (χ4v) is 4.04. The first-order valence-corrected chi connectivity index (χ1v) is 7.93. The lowest BCUT2D eigenvalue weighted by Gasteiger charge is -2.22. The number of nitrogens with one attached hydrogen (secondary N) is 1. The van der Waals surface area contributed by atoms with Crippen molar-refractivity contribution in [1.82, 2.24) is 4.98 Å². The van der Waals surface area contributed by atoms with Crippen molar-refractivity contribution in [1.29, 1.82) is 0 Å². The SMILES string of the molecule is O=c1[nH]c2ccc(C(Br)C3(c4ccccc4)CC3)cc2o1. The number of aromatic nitrogens is 1. The first-order chi connectivity index (χ1) is 10.2. The summed E-state index contributed by atoms with van der Waals surface area (Å²) in [5, 5.41) is 0. The Labute approximate surface area is 130 Å². The molecule has 0 amide bonds. The van der Waals surface area contributed by atoms with Gasteiger partial charge in [0.25, 0.3) is 0 Å². The monoisotopic (exact) mass is 343 g/mol. The summed E-state index contributed by atoms with van der Waals surface area (Å²) in [6.07, 6.45) is 2.34. The normalized spacial score (nSPS) is 17.8. The number of hydrogen-bond donors (Lipinski definition) is 1. The predicted octanol–water partition coefficient (Wildman–Crippen LogP) is 4.29. The molecular formula is C17H14BrNO2. The molecule has 0 radical (unpaired) electrons. The second-order valence-electron chi connectivity index (χ2n) is 5.65. The van der Waals surface area contributed by atoms with E-state index in [1.807, 2.05) is 18.2 Å². The van der Waals surface area contributed by atoms with Crippen molar-refractivity contribution >= 4 is 27.0 Å². The largest absolute Gasteiger partial charge is 0.417 e. The van der Waals surface area contributed by atoms with Crippen LogP contribution < -0.4 is 5.76 Å². The Bertz CT molecular complexity index is 846. The third-order valence-electron chi connectivity index (χ3n) is 4.36. The molecule has 1 saturated carbocycles. The van der Waals surface area contributed by atoms with Crippen LogP contribution >= 0.6 is 15.9 Å². The average molecular weight is 344 g/mol. The van der Waals surface area contributed by atoms with Crippen LogP contribution in [0.1, 0.15) is 28.8 Å². The Hall–Kier alpha value is -1.81. The van der Waals surface area contributed by atoms with Gasteiger partial charge in [-0.2, -0.15) is 0 Å². The van der Waals surface area contributed by atoms with Crippen LogP contribution in [0.3, 0.4) is 0 Å². The van der Waals surface area contributed by atoms with E-state index in [0.29, 0.717) is 5.58 Å². The Kier molecular flexibility index (Phi) is 2.82. The Balaban J connectivity index is 1.76. The number of halogens is 1. The molecule has 4 rings (SSSR count). The molecule has 0 spiro atoms. The highest BCUT2D eigenvalue weighted by molar-refractivity contribution is 9.09. The lowest BCUT2D eigenvalue weighted by atomic mass is 9.89. The van der Waals surface area contributed by atoms with Gasteiger partial charge in [0.05, 0.1) is 5.52 Å². The van der Waals surface area contributed by atoms with Crippen LogP contribution in [-0.4, -0.2) is 4.98 Å². The third kappa shape index (κ3) is 2.05. The number of oxazole rings is 1. The molecule has 1 aliphatic rings. The maximum Gasteiger partial charge on any atom is 0.417 e. The third-order valence-corrected chi connectivity index (χ3v) is 5.77. The van der Waals surface area contributed by atoms with Gasteiger partial charge in [-0.15, -0.1) is 0 Å². The molecule has 1 fully saturated rings. The standard InChI is InChI=1S/C17H14BrNO2/c18-15(17(8-9-17)12-4-2-1-3-5-12)11-6-7-13-14(10-11)21-16(20)19-13/h1-7,10,15H,8-9H2,(H,19,20). The van der Waals surface area contributed by atoms with Crippen molar-refractivity contribution in [3.63, 3.8) is 0 Å². The Morgan fingerprint density at radius 3 is 2.62 bits per heavy atom. The molecular weight excluding hydrogens is 330 g/mol. The van der Waals surface area contributed by atoms with Crippen molar-refractivity contribution in [2.45, 2.75) is 23.1 Å². The number of H-pyrrole nitrogens is 1. The molecule has 0 bridgehead atoms. The number of aromatic amines is 1. The molecule has 2 aromatic carbocycles. The zero-order chi connectivity index (χ0) is 14.4. The van der Waals surface area contributed by atoms with Gasteiger partial charge in [0, 0.05) is 10.2 Å². The van der Waals surface area contributed by atoms with Gasteiger partial charge in [-0.05, 0) is 36.1 Å². The molecule has 21 heavy (non-hydrogen) atoms. The molecule has 106 valence electrons. The minimum atomic E-state index is -0.405. The van der Waals surface area contributed by atoms with Crippen LogP contribution in [0.2, 0.25) is 0 Å². The molecule has 4 heteroatoms. The maximum absolute atomic E-state index is 11.3. The molecule has 1 atom stereocenters. The first kappa shape index (κ1) is 12.9. The van der Waals surface area contributed by atoms with Crippen LogP contribution in [0.5, 0.6) is 0 Å². The second-order valence-corrected chi connectivity index (χ2v) is 6.57. The fraction of sp³-hybridized carbons (Fsp3) is 0.235. The number of rotatable bonds is 3. The Morgan fingerprint density at radius 1 is 1.14 bits per heavy atom. The zero-order valence-electron chi connectivity index (χ0n) is 11.3. The van der Waals surface area contributed by atoms with Gasteiger partial charge >= 0.3 is 5.76 Å². The van der Waals surface area contributed by atoms with Crippen molar-refractivity contribution in [3.05, 3.63) is 70.2 Å². The van der Waals surface area contributed by atoms with Crippen molar-refractivity contribution in [2.24, 2.45) is 0 Å². The van der Waals surface area contributed by atoms with Crippen LogP contribution in [0.4, 0.5) is 0 Å². The van der Waals surface area contributed by atoms with E-state index >= 15 is 0 Å². The van der Waals surface area contributed by atoms with E-state index in [1.165, 1.54) is 18.4 Å². The minimum absolute atomic E-state index is 0.158. The van der Waals surface area contributed by atoms with Gasteiger partial charge in [0.2, 0.25) is 0 Å². The van der Waals surface area contributed by atoms with Gasteiger partial charge in [-0.25, -0.2) is 4.79 Å². The minimum Gasteiger partial charge on any atom is -0.408 e. The van der Waals surface area contributed by atoms with Crippen molar-refractivity contribution in [3.8, 4) is 0 Å². The lowest BCUT2D eigenvalue weighted by Crippen LogP contribution is -2.13. The predicted molar refractivity (Wildman–Crippen MR) is 85.9 cm³/mol. The topological polar surface area (TPSA) is 46.0 Å². The summed E-state index contributed by atoms with van der Waals surface area (Å²) in [6, 6.07) is 16.5. The smallest absolute Gasteiger partial charge is 0.408 e. The summed E-state index contributed by atoms with van der Waals surface area (Å²) in [5.74, 6) is -0.405. The average Bonchev–Trinajstić information content (AvgIpc) is 3.23. The van der Waals surface area contributed by atoms with Crippen molar-refractivity contribution in [2.75, 3.05) is 0 Å². The molecule has 3 nitrogen and oxygen atoms in total. The van der Waals surface area contributed by atoms with Crippen LogP contribution in [0, 0.1) is 0 Å². The lowest BCUT2D eigenvalue weighted by molar-refractivity contribution is 0.554. The molecule has 3 aromatic rings. The number of fused-ring (bicyclic) bond motifs is 1. The van der Waals surface area contributed by atoms with E-state index in [0.717, 1.165) is 11.1 Å². The molecule has 1 aromatic heterocycles. The summed E-state index contributed by atoms with van der Waals surface area (Å²) in [5.41, 5.74) is 4.03. The summed E-state index contributed by atoms with van der Waals surface area (Å²) in [4.78, 5) is 14.2. The number of alkyl halides is 1. The molecule has 1 heterocycles. The molecule has 1 unspecified atom stereocenters. The van der Waals surface area contributed by atoms with E-state index < -0.39 is 5.76 Å². The highest BCUT2D eigenvalue weighted by Gasteiger charge is 2.50. The summed E-state index contributed by atoms with van der Waals surface area (Å²) in [7, 11) is 0. The van der Waals surface area contributed by atoms with Gasteiger partial charge in [-0.3, -0.25) is 4.98 Å². The summed E-state index contributed by atoms with van der Waals surface area (Å²) in [6.45, 7) is 0. The van der Waals surface area contributed by atoms with Gasteiger partial charge in [0.15, 0.2) is 5.58 Å². The molecule has 0 aliphatic heterocycles. The fourth-order valence-electron chi connectivity index (χ4n) is 3.03. The highest BCUT2D eigenvalue weighted by atomic mass is 79.9. The number of benzene rings is 2. The zero-order valence-corrected chi connectivity index (χ0v) is 12.9. The van der Waals surface area contributed by atoms with E-state index in [2.05, 4.69) is 51.2 Å². The molecule has 1 N–H and O–H groups in total. The maximum atomic E-state index is 11.3. The highest BCUT2D eigenvalue weighted by Crippen LogP contribution is 2.60. The van der Waals surface area contributed by atoms with Crippen LogP contribution in [-0.2, 0) is 5.41 Å². The van der Waals surface area contributed by atoms with E-state index in [4.69, 9.17) is 4.42 Å². The van der Waals surface area contributed by atoms with Crippen LogP contribution in [0.15, 0.2) is 57.7 Å². The van der Waals surface area contributed by atoms with Crippen molar-refractivity contribution < 1.29 is 4.42 Å². The molecule has 1 aliphatic carbocycles.